The molecular formula is C14H10BrClN2O. The summed E-state index contributed by atoms with van der Waals surface area (Å²) in [6.07, 6.45) is 0. The van der Waals surface area contributed by atoms with E-state index < -0.39 is 0 Å². The summed E-state index contributed by atoms with van der Waals surface area (Å²) in [5.41, 5.74) is 9.73. The fourth-order valence-corrected chi connectivity index (χ4v) is 2.60. The molecule has 0 bridgehead atoms. The second-order valence-corrected chi connectivity index (χ2v) is 5.67. The number of hydrogen-bond acceptors (Lipinski definition) is 3. The van der Waals surface area contributed by atoms with Crippen LogP contribution in [-0.4, -0.2) is 4.98 Å². The molecule has 0 radical (unpaired) electrons. The summed E-state index contributed by atoms with van der Waals surface area (Å²) in [4.78, 5) is 4.47. The molecule has 0 spiro atoms. The fraction of sp³-hybridized carbons (Fsp3) is 0.0714. The molecular weight excluding hydrogens is 328 g/mol. The number of halogens is 2. The van der Waals surface area contributed by atoms with Gasteiger partial charge in [-0.05, 0) is 36.8 Å². The summed E-state index contributed by atoms with van der Waals surface area (Å²) in [7, 11) is 0. The number of nitrogens with two attached hydrogens (primary N) is 1. The highest BCUT2D eigenvalue weighted by Crippen LogP contribution is 2.32. The lowest BCUT2D eigenvalue weighted by Gasteiger charge is -2.01. The molecule has 2 aromatic carbocycles. The van der Waals surface area contributed by atoms with E-state index in [9.17, 15) is 0 Å². The standard InChI is InChI=1S/C14H10BrClN2O/c1-7-2-3-9(16)6-10(7)14-18-12-5-8(15)4-11(17)13(12)19-14/h2-6H,17H2,1H3. The monoisotopic (exact) mass is 336 g/mol. The van der Waals surface area contributed by atoms with Crippen molar-refractivity contribution in [3.8, 4) is 11.5 Å². The van der Waals surface area contributed by atoms with Gasteiger partial charge >= 0.3 is 0 Å². The number of aryl methyl sites for hydroxylation is 1. The number of anilines is 1. The maximum absolute atomic E-state index is 6.02. The molecule has 0 aliphatic rings. The van der Waals surface area contributed by atoms with E-state index in [2.05, 4.69) is 20.9 Å². The van der Waals surface area contributed by atoms with Crippen molar-refractivity contribution in [2.75, 3.05) is 5.73 Å². The van der Waals surface area contributed by atoms with E-state index in [1.165, 1.54) is 0 Å². The highest BCUT2D eigenvalue weighted by molar-refractivity contribution is 9.10. The van der Waals surface area contributed by atoms with Crippen molar-refractivity contribution in [3.05, 3.63) is 45.4 Å². The van der Waals surface area contributed by atoms with Gasteiger partial charge in [-0.2, -0.15) is 0 Å². The van der Waals surface area contributed by atoms with Crippen LogP contribution in [0.4, 0.5) is 5.69 Å². The van der Waals surface area contributed by atoms with Gasteiger partial charge in [-0.25, -0.2) is 4.98 Å². The Kier molecular flexibility index (Phi) is 2.99. The molecule has 3 nitrogen and oxygen atoms in total. The lowest BCUT2D eigenvalue weighted by atomic mass is 10.1. The molecule has 1 aromatic heterocycles. The predicted octanol–water partition coefficient (Wildman–Crippen LogP) is 4.80. The van der Waals surface area contributed by atoms with Crippen LogP contribution in [0.5, 0.6) is 0 Å². The first kappa shape index (κ1) is 12.5. The molecule has 2 N–H and O–H groups in total. The Labute approximate surface area is 123 Å². The van der Waals surface area contributed by atoms with Crippen LogP contribution in [0.3, 0.4) is 0 Å². The van der Waals surface area contributed by atoms with Gasteiger partial charge in [-0.1, -0.05) is 33.6 Å². The van der Waals surface area contributed by atoms with Crippen molar-refractivity contribution in [2.24, 2.45) is 0 Å². The molecule has 19 heavy (non-hydrogen) atoms. The molecule has 0 amide bonds. The van der Waals surface area contributed by atoms with E-state index in [-0.39, 0.29) is 0 Å². The number of hydrogen-bond donors (Lipinski definition) is 1. The minimum absolute atomic E-state index is 0.528. The Morgan fingerprint density at radius 2 is 2.05 bits per heavy atom. The molecule has 0 atom stereocenters. The Morgan fingerprint density at radius 1 is 1.26 bits per heavy atom. The minimum atomic E-state index is 0.528. The van der Waals surface area contributed by atoms with E-state index in [0.29, 0.717) is 22.2 Å². The molecule has 96 valence electrons. The highest BCUT2D eigenvalue weighted by Gasteiger charge is 2.13. The van der Waals surface area contributed by atoms with Crippen molar-refractivity contribution < 1.29 is 4.42 Å². The Morgan fingerprint density at radius 3 is 2.84 bits per heavy atom. The maximum atomic E-state index is 6.02. The third kappa shape index (κ3) is 2.22. The Balaban J connectivity index is 2.26. The molecule has 0 unspecified atom stereocenters. The zero-order valence-electron chi connectivity index (χ0n) is 10.1. The number of nitrogens with zero attached hydrogens (tertiary/aromatic N) is 1. The first-order valence-electron chi connectivity index (χ1n) is 5.66. The number of rotatable bonds is 1. The third-order valence-electron chi connectivity index (χ3n) is 2.91. The molecule has 3 aromatic rings. The van der Waals surface area contributed by atoms with Crippen molar-refractivity contribution in [3.63, 3.8) is 0 Å². The molecule has 5 heteroatoms. The topological polar surface area (TPSA) is 52.0 Å². The van der Waals surface area contributed by atoms with E-state index in [1.807, 2.05) is 31.2 Å². The highest BCUT2D eigenvalue weighted by atomic mass is 79.9. The molecule has 0 aliphatic carbocycles. The molecule has 0 saturated heterocycles. The van der Waals surface area contributed by atoms with Crippen LogP contribution in [0, 0.1) is 6.92 Å². The summed E-state index contributed by atoms with van der Waals surface area (Å²) >= 11 is 9.41. The van der Waals surface area contributed by atoms with Crippen molar-refractivity contribution >= 4 is 44.3 Å². The first-order valence-corrected chi connectivity index (χ1v) is 6.84. The predicted molar refractivity (Wildman–Crippen MR) is 81.3 cm³/mol. The molecule has 0 aliphatic heterocycles. The third-order valence-corrected chi connectivity index (χ3v) is 3.61. The number of aromatic nitrogens is 1. The van der Waals surface area contributed by atoms with Crippen LogP contribution in [0.25, 0.3) is 22.6 Å². The quantitative estimate of drug-likeness (QED) is 0.649. The van der Waals surface area contributed by atoms with Gasteiger partial charge in [0.05, 0.1) is 5.69 Å². The smallest absolute Gasteiger partial charge is 0.227 e. The van der Waals surface area contributed by atoms with Crippen molar-refractivity contribution in [1.29, 1.82) is 0 Å². The van der Waals surface area contributed by atoms with E-state index in [1.54, 1.807) is 6.07 Å². The Hall–Kier alpha value is -1.52. The SMILES string of the molecule is Cc1ccc(Cl)cc1-c1nc2cc(Br)cc(N)c2o1. The van der Waals surface area contributed by atoms with Gasteiger partial charge in [0.1, 0.15) is 5.52 Å². The normalized spacial score (nSPS) is 11.1. The van der Waals surface area contributed by atoms with Crippen LogP contribution in [-0.2, 0) is 0 Å². The summed E-state index contributed by atoms with van der Waals surface area (Å²) < 4.78 is 6.64. The molecule has 0 saturated carbocycles. The van der Waals surface area contributed by atoms with Crippen LogP contribution >= 0.6 is 27.5 Å². The van der Waals surface area contributed by atoms with Gasteiger partial charge in [0.2, 0.25) is 5.89 Å². The van der Waals surface area contributed by atoms with Crippen LogP contribution in [0.1, 0.15) is 5.56 Å². The lowest BCUT2D eigenvalue weighted by Crippen LogP contribution is -1.84. The number of nitrogen functional groups attached to an aromatic ring is 1. The molecule has 1 heterocycles. The van der Waals surface area contributed by atoms with Gasteiger partial charge in [0, 0.05) is 15.1 Å². The summed E-state index contributed by atoms with van der Waals surface area (Å²) in [6, 6.07) is 9.29. The zero-order valence-corrected chi connectivity index (χ0v) is 12.4. The van der Waals surface area contributed by atoms with E-state index in [0.717, 1.165) is 21.1 Å². The first-order chi connectivity index (χ1) is 9.04. The summed E-state index contributed by atoms with van der Waals surface area (Å²) in [5, 5.41) is 0.650. The van der Waals surface area contributed by atoms with Gasteiger partial charge < -0.3 is 10.2 Å². The number of benzene rings is 2. The van der Waals surface area contributed by atoms with Crippen LogP contribution in [0.15, 0.2) is 39.2 Å². The second kappa shape index (κ2) is 4.54. The lowest BCUT2D eigenvalue weighted by molar-refractivity contribution is 0.620. The second-order valence-electron chi connectivity index (χ2n) is 4.32. The maximum Gasteiger partial charge on any atom is 0.227 e. The van der Waals surface area contributed by atoms with Gasteiger partial charge in [0.25, 0.3) is 0 Å². The number of oxazole rings is 1. The van der Waals surface area contributed by atoms with Gasteiger partial charge in [-0.15, -0.1) is 0 Å². The molecule has 3 rings (SSSR count). The minimum Gasteiger partial charge on any atom is -0.434 e. The average Bonchev–Trinajstić information content (AvgIpc) is 2.76. The van der Waals surface area contributed by atoms with Crippen molar-refractivity contribution in [2.45, 2.75) is 6.92 Å². The Bertz CT molecular complexity index is 782. The van der Waals surface area contributed by atoms with Crippen molar-refractivity contribution in [1.82, 2.24) is 4.98 Å². The van der Waals surface area contributed by atoms with Gasteiger partial charge in [-0.3, -0.25) is 0 Å². The largest absolute Gasteiger partial charge is 0.434 e. The zero-order chi connectivity index (χ0) is 13.6. The summed E-state index contributed by atoms with van der Waals surface area (Å²) in [5.74, 6) is 0.528. The number of fused-ring (bicyclic) bond motifs is 1. The van der Waals surface area contributed by atoms with E-state index in [4.69, 9.17) is 21.8 Å². The average molecular weight is 338 g/mol. The molecule has 0 fully saturated rings. The van der Waals surface area contributed by atoms with Crippen LogP contribution in [0.2, 0.25) is 5.02 Å². The van der Waals surface area contributed by atoms with E-state index >= 15 is 0 Å². The fourth-order valence-electron chi connectivity index (χ4n) is 1.96. The van der Waals surface area contributed by atoms with Gasteiger partial charge in [0.15, 0.2) is 5.58 Å². The summed E-state index contributed by atoms with van der Waals surface area (Å²) in [6.45, 7) is 1.99. The van der Waals surface area contributed by atoms with Crippen LogP contribution < -0.4 is 5.73 Å².